The average Bonchev–Trinajstić information content (AvgIpc) is 3.06. The van der Waals surface area contributed by atoms with Gasteiger partial charge >= 0.3 is 5.97 Å². The Hall–Kier alpha value is -0.940. The van der Waals surface area contributed by atoms with Crippen LogP contribution in [0.15, 0.2) is 4.99 Å². The lowest BCUT2D eigenvalue weighted by molar-refractivity contribution is -0.880. The van der Waals surface area contributed by atoms with Crippen LogP contribution in [-0.2, 0) is 4.79 Å². The SMILES string of the molecule is CCCCCCCCCCCCCCC1=NCC[N+]1(CC(=O)O)C(O)CCC. The van der Waals surface area contributed by atoms with Gasteiger partial charge in [0.1, 0.15) is 6.54 Å². The Morgan fingerprint density at radius 3 is 1.96 bits per heavy atom. The van der Waals surface area contributed by atoms with Gasteiger partial charge in [0, 0.05) is 12.8 Å². The number of quaternary nitrogens is 1. The molecule has 0 aromatic carbocycles. The molecule has 0 saturated carbocycles. The first kappa shape index (κ1) is 25.1. The molecule has 0 bridgehead atoms. The molecule has 1 rings (SSSR count). The Morgan fingerprint density at radius 1 is 0.929 bits per heavy atom. The van der Waals surface area contributed by atoms with Crippen LogP contribution in [0.4, 0.5) is 0 Å². The molecule has 2 unspecified atom stereocenters. The lowest BCUT2D eigenvalue weighted by atomic mass is 10.0. The molecule has 28 heavy (non-hydrogen) atoms. The smallest absolute Gasteiger partial charge is 0.359 e. The summed E-state index contributed by atoms with van der Waals surface area (Å²) in [5.74, 6) is 0.0647. The van der Waals surface area contributed by atoms with E-state index in [1.54, 1.807) is 0 Å². The van der Waals surface area contributed by atoms with E-state index in [4.69, 9.17) is 0 Å². The summed E-state index contributed by atoms with van der Waals surface area (Å²) in [5, 5.41) is 20.0. The molecule has 0 aromatic rings. The minimum atomic E-state index is -0.848. The van der Waals surface area contributed by atoms with Crippen molar-refractivity contribution >= 4 is 11.8 Å². The number of carboxylic acid groups (broad SMARTS) is 1. The van der Waals surface area contributed by atoms with E-state index in [-0.39, 0.29) is 11.0 Å². The van der Waals surface area contributed by atoms with Gasteiger partial charge in [-0.15, -0.1) is 0 Å². The fourth-order valence-corrected chi connectivity index (χ4v) is 4.40. The van der Waals surface area contributed by atoms with Gasteiger partial charge in [0.25, 0.3) is 0 Å². The van der Waals surface area contributed by atoms with Crippen LogP contribution in [0.5, 0.6) is 0 Å². The maximum absolute atomic E-state index is 11.4. The van der Waals surface area contributed by atoms with Crippen molar-refractivity contribution in [3.8, 4) is 0 Å². The molecule has 0 spiro atoms. The van der Waals surface area contributed by atoms with Crippen LogP contribution >= 0.6 is 0 Å². The highest BCUT2D eigenvalue weighted by Gasteiger charge is 2.45. The standard InChI is InChI=1S/C23H44N2O3/c1-3-5-6-7-8-9-10-11-12-13-14-15-17-21-24-18-19-25(21,20-23(27)28)22(26)16-4-2/h22,26H,3-20H2,1-2H3/p+1. The number of unbranched alkanes of at least 4 members (excludes halogenated alkanes) is 11. The number of aliphatic carboxylic acids is 1. The zero-order chi connectivity index (χ0) is 20.7. The lowest BCUT2D eigenvalue weighted by Gasteiger charge is -2.37. The highest BCUT2D eigenvalue weighted by Crippen LogP contribution is 2.25. The number of aliphatic hydroxyl groups is 1. The fraction of sp³-hybridized carbons (Fsp3) is 0.913. The molecule has 1 aliphatic rings. The minimum absolute atomic E-state index is 0.0434. The second-order valence-corrected chi connectivity index (χ2v) is 8.52. The van der Waals surface area contributed by atoms with Crippen molar-refractivity contribution in [3.63, 3.8) is 0 Å². The maximum atomic E-state index is 11.4. The van der Waals surface area contributed by atoms with Crippen LogP contribution in [0.25, 0.3) is 0 Å². The Labute approximate surface area is 172 Å². The predicted octanol–water partition coefficient (Wildman–Crippen LogP) is 5.51. The van der Waals surface area contributed by atoms with Crippen LogP contribution in [-0.4, -0.2) is 52.4 Å². The summed E-state index contributed by atoms with van der Waals surface area (Å²) in [6, 6.07) is 0. The monoisotopic (exact) mass is 397 g/mol. The summed E-state index contributed by atoms with van der Waals surface area (Å²) in [4.78, 5) is 16.0. The summed E-state index contributed by atoms with van der Waals surface area (Å²) < 4.78 is 0.168. The molecule has 164 valence electrons. The highest BCUT2D eigenvalue weighted by molar-refractivity contribution is 5.80. The van der Waals surface area contributed by atoms with Crippen molar-refractivity contribution < 1.29 is 19.5 Å². The van der Waals surface area contributed by atoms with Crippen molar-refractivity contribution in [1.82, 2.24) is 0 Å². The van der Waals surface area contributed by atoms with Crippen LogP contribution in [0, 0.1) is 0 Å². The summed E-state index contributed by atoms with van der Waals surface area (Å²) in [5.41, 5.74) is 0. The molecular formula is C23H45N2O3+. The fourth-order valence-electron chi connectivity index (χ4n) is 4.40. The van der Waals surface area contributed by atoms with Crippen LogP contribution in [0.2, 0.25) is 0 Å². The average molecular weight is 398 g/mol. The Bertz CT molecular complexity index is 453. The van der Waals surface area contributed by atoms with E-state index in [0.717, 1.165) is 25.1 Å². The van der Waals surface area contributed by atoms with E-state index >= 15 is 0 Å². The summed E-state index contributed by atoms with van der Waals surface area (Å²) in [6.45, 7) is 5.51. The maximum Gasteiger partial charge on any atom is 0.359 e. The van der Waals surface area contributed by atoms with Gasteiger partial charge < -0.3 is 10.2 Å². The van der Waals surface area contributed by atoms with E-state index in [9.17, 15) is 15.0 Å². The largest absolute Gasteiger partial charge is 0.477 e. The third-order valence-corrected chi connectivity index (χ3v) is 6.10. The number of carbonyl (C=O) groups is 1. The molecule has 0 amide bonds. The molecule has 0 fully saturated rings. The topological polar surface area (TPSA) is 69.9 Å². The van der Waals surface area contributed by atoms with E-state index < -0.39 is 12.2 Å². The lowest BCUT2D eigenvalue weighted by Crippen LogP contribution is -2.60. The second kappa shape index (κ2) is 15.0. The van der Waals surface area contributed by atoms with E-state index in [1.807, 2.05) is 6.92 Å². The first-order chi connectivity index (χ1) is 13.6. The first-order valence-electron chi connectivity index (χ1n) is 11.9. The molecule has 5 heteroatoms. The molecule has 0 aromatic heterocycles. The zero-order valence-electron chi connectivity index (χ0n) is 18.5. The van der Waals surface area contributed by atoms with E-state index in [1.165, 1.54) is 70.6 Å². The van der Waals surface area contributed by atoms with Crippen molar-refractivity contribution in [2.45, 2.75) is 116 Å². The van der Waals surface area contributed by atoms with Gasteiger partial charge in [-0.05, 0) is 12.8 Å². The van der Waals surface area contributed by atoms with E-state index in [0.29, 0.717) is 19.5 Å². The Balaban J connectivity index is 2.21. The van der Waals surface area contributed by atoms with Crippen molar-refractivity contribution in [1.29, 1.82) is 0 Å². The number of aliphatic imine (C=N–C) groups is 1. The quantitative estimate of drug-likeness (QED) is 0.237. The van der Waals surface area contributed by atoms with Crippen LogP contribution in [0.3, 0.4) is 0 Å². The molecule has 0 saturated heterocycles. The number of rotatable bonds is 18. The number of aliphatic hydroxyl groups excluding tert-OH is 1. The molecule has 0 radical (unpaired) electrons. The van der Waals surface area contributed by atoms with Crippen molar-refractivity contribution in [2.24, 2.45) is 4.99 Å². The van der Waals surface area contributed by atoms with Gasteiger partial charge in [-0.2, -0.15) is 0 Å². The minimum Gasteiger partial charge on any atom is -0.477 e. The second-order valence-electron chi connectivity index (χ2n) is 8.52. The predicted molar refractivity (Wildman–Crippen MR) is 117 cm³/mol. The number of amidine groups is 1. The van der Waals surface area contributed by atoms with Crippen LogP contribution < -0.4 is 0 Å². The number of carboxylic acids is 1. The molecule has 1 heterocycles. The van der Waals surface area contributed by atoms with Gasteiger partial charge in [-0.3, -0.25) is 0 Å². The normalized spacial score (nSPS) is 20.3. The number of hydrogen-bond donors (Lipinski definition) is 2. The summed E-state index contributed by atoms with van der Waals surface area (Å²) in [7, 11) is 0. The molecule has 5 nitrogen and oxygen atoms in total. The van der Waals surface area contributed by atoms with Crippen molar-refractivity contribution in [3.05, 3.63) is 0 Å². The van der Waals surface area contributed by atoms with Gasteiger partial charge in [-0.1, -0.05) is 84.5 Å². The third-order valence-electron chi connectivity index (χ3n) is 6.10. The Kier molecular flexibility index (Phi) is 13.4. The molecule has 0 aliphatic carbocycles. The zero-order valence-corrected chi connectivity index (χ0v) is 18.5. The third kappa shape index (κ3) is 9.04. The van der Waals surface area contributed by atoms with Gasteiger partial charge in [0.05, 0.1) is 6.54 Å². The highest BCUT2D eigenvalue weighted by atomic mass is 16.4. The number of hydrogen-bond acceptors (Lipinski definition) is 3. The van der Waals surface area contributed by atoms with Gasteiger partial charge in [0.2, 0.25) is 5.84 Å². The molecular weight excluding hydrogens is 352 g/mol. The van der Waals surface area contributed by atoms with Gasteiger partial charge in [-0.25, -0.2) is 14.3 Å². The summed E-state index contributed by atoms with van der Waals surface area (Å²) >= 11 is 0. The molecule has 2 atom stereocenters. The van der Waals surface area contributed by atoms with Crippen molar-refractivity contribution in [2.75, 3.05) is 19.6 Å². The van der Waals surface area contributed by atoms with Gasteiger partial charge in [0.15, 0.2) is 12.8 Å². The van der Waals surface area contributed by atoms with Crippen LogP contribution in [0.1, 0.15) is 110 Å². The summed E-state index contributed by atoms with van der Waals surface area (Å²) in [6.07, 6.45) is 17.4. The molecule has 1 aliphatic heterocycles. The number of nitrogens with zero attached hydrogens (tertiary/aromatic N) is 2. The molecule has 2 N–H and O–H groups in total. The Morgan fingerprint density at radius 2 is 1.46 bits per heavy atom. The van der Waals surface area contributed by atoms with E-state index in [2.05, 4.69) is 11.9 Å². The first-order valence-corrected chi connectivity index (χ1v) is 11.9.